The predicted octanol–water partition coefficient (Wildman–Crippen LogP) is 3.97. The highest BCUT2D eigenvalue weighted by atomic mass is 32.1. The van der Waals surface area contributed by atoms with E-state index in [-0.39, 0.29) is 18.3 Å². The van der Waals surface area contributed by atoms with Crippen LogP contribution in [0, 0.1) is 6.92 Å². The first-order valence-electron chi connectivity index (χ1n) is 8.51. The molecule has 3 aromatic rings. The Kier molecular flexibility index (Phi) is 5.71. The highest BCUT2D eigenvalue weighted by Gasteiger charge is 2.12. The number of methoxy groups -OCH3 is 1. The quantitative estimate of drug-likeness (QED) is 0.651. The number of rotatable bonds is 6. The molecule has 0 radical (unpaired) electrons. The van der Waals surface area contributed by atoms with E-state index in [4.69, 9.17) is 9.47 Å². The number of benzene rings is 2. The molecule has 0 bridgehead atoms. The first-order valence-corrected chi connectivity index (χ1v) is 9.33. The monoisotopic (exact) mass is 384 g/mol. The first kappa shape index (κ1) is 18.8. The molecule has 0 aliphatic rings. The lowest BCUT2D eigenvalue weighted by molar-refractivity contribution is -0.115. The zero-order valence-electron chi connectivity index (χ0n) is 15.4. The summed E-state index contributed by atoms with van der Waals surface area (Å²) < 4.78 is 11.1. The highest BCUT2D eigenvalue weighted by molar-refractivity contribution is 7.22. The molecule has 1 aromatic heterocycles. The summed E-state index contributed by atoms with van der Waals surface area (Å²) in [6, 6.07) is 10.8. The van der Waals surface area contributed by atoms with Gasteiger partial charge in [0.1, 0.15) is 5.75 Å². The van der Waals surface area contributed by atoms with Crippen molar-refractivity contribution in [3.8, 4) is 5.75 Å². The topological polar surface area (TPSA) is 77.5 Å². The molecule has 0 spiro atoms. The van der Waals surface area contributed by atoms with Crippen molar-refractivity contribution in [3.05, 3.63) is 53.1 Å². The van der Waals surface area contributed by atoms with Crippen LogP contribution in [0.1, 0.15) is 28.4 Å². The average molecular weight is 384 g/mol. The van der Waals surface area contributed by atoms with Gasteiger partial charge in [-0.2, -0.15) is 0 Å². The summed E-state index contributed by atoms with van der Waals surface area (Å²) in [5, 5.41) is 3.32. The molecular weight excluding hydrogens is 364 g/mol. The Morgan fingerprint density at radius 1 is 1.19 bits per heavy atom. The van der Waals surface area contributed by atoms with Gasteiger partial charge in [0.05, 0.1) is 35.9 Å². The van der Waals surface area contributed by atoms with Gasteiger partial charge < -0.3 is 14.8 Å². The summed E-state index contributed by atoms with van der Waals surface area (Å²) >= 11 is 1.32. The normalized spacial score (nSPS) is 10.6. The van der Waals surface area contributed by atoms with Crippen LogP contribution < -0.4 is 10.1 Å². The average Bonchev–Trinajstić information content (AvgIpc) is 3.03. The fraction of sp³-hybridized carbons (Fsp3) is 0.250. The number of nitrogens with one attached hydrogen (secondary N) is 1. The van der Waals surface area contributed by atoms with E-state index in [9.17, 15) is 9.59 Å². The van der Waals surface area contributed by atoms with E-state index in [1.54, 1.807) is 32.2 Å². The SMILES string of the molecule is CCOC(=O)c1ccc2nc(NC(=O)Cc3ccc(OC)c(C)c3)sc2c1. The third-order valence-electron chi connectivity index (χ3n) is 3.97. The second-order valence-electron chi connectivity index (χ2n) is 5.95. The molecule has 0 unspecified atom stereocenters. The van der Waals surface area contributed by atoms with E-state index in [0.717, 1.165) is 27.1 Å². The standard InChI is InChI=1S/C20H20N2O4S/c1-4-26-19(24)14-6-7-15-17(11-14)27-20(21-15)22-18(23)10-13-5-8-16(25-3)12(2)9-13/h5-9,11H,4,10H2,1-3H3,(H,21,22,23). The maximum absolute atomic E-state index is 12.3. The number of amides is 1. The van der Waals surface area contributed by atoms with Crippen molar-refractivity contribution in [2.45, 2.75) is 20.3 Å². The number of nitrogens with zero attached hydrogens (tertiary/aromatic N) is 1. The number of fused-ring (bicyclic) bond motifs is 1. The maximum Gasteiger partial charge on any atom is 0.338 e. The second-order valence-corrected chi connectivity index (χ2v) is 6.98. The van der Waals surface area contributed by atoms with Crippen LogP contribution in [0.5, 0.6) is 5.75 Å². The van der Waals surface area contributed by atoms with Crippen molar-refractivity contribution < 1.29 is 19.1 Å². The Labute approximate surface area is 161 Å². The summed E-state index contributed by atoms with van der Waals surface area (Å²) in [7, 11) is 1.62. The van der Waals surface area contributed by atoms with Gasteiger partial charge in [-0.15, -0.1) is 0 Å². The number of hydrogen-bond donors (Lipinski definition) is 1. The zero-order chi connectivity index (χ0) is 19.4. The highest BCUT2D eigenvalue weighted by Crippen LogP contribution is 2.27. The molecule has 0 fully saturated rings. The lowest BCUT2D eigenvalue weighted by atomic mass is 10.1. The van der Waals surface area contributed by atoms with Crippen LogP contribution in [-0.4, -0.2) is 30.6 Å². The largest absolute Gasteiger partial charge is 0.496 e. The minimum Gasteiger partial charge on any atom is -0.496 e. The number of anilines is 1. The number of esters is 1. The van der Waals surface area contributed by atoms with E-state index in [1.165, 1.54) is 11.3 Å². The van der Waals surface area contributed by atoms with Gasteiger partial charge in [0.2, 0.25) is 5.91 Å². The molecular formula is C20H20N2O4S. The molecule has 6 nitrogen and oxygen atoms in total. The molecule has 1 amide bonds. The fourth-order valence-corrected chi connectivity index (χ4v) is 3.64. The third kappa shape index (κ3) is 4.43. The van der Waals surface area contributed by atoms with E-state index in [0.29, 0.717) is 17.3 Å². The third-order valence-corrected chi connectivity index (χ3v) is 4.90. The number of carbonyl (C=O) groups excluding carboxylic acids is 2. The van der Waals surface area contributed by atoms with Gasteiger partial charge in [-0.3, -0.25) is 4.79 Å². The second kappa shape index (κ2) is 8.18. The van der Waals surface area contributed by atoms with Crippen molar-refractivity contribution >= 4 is 38.6 Å². The van der Waals surface area contributed by atoms with Gasteiger partial charge >= 0.3 is 5.97 Å². The van der Waals surface area contributed by atoms with Crippen LogP contribution in [0.3, 0.4) is 0 Å². The minimum atomic E-state index is -0.367. The summed E-state index contributed by atoms with van der Waals surface area (Å²) in [5.41, 5.74) is 3.08. The van der Waals surface area contributed by atoms with Gasteiger partial charge in [0.25, 0.3) is 0 Å². The fourth-order valence-electron chi connectivity index (χ4n) is 2.72. The first-order chi connectivity index (χ1) is 13.0. The van der Waals surface area contributed by atoms with Gasteiger partial charge in [-0.05, 0) is 49.2 Å². The predicted molar refractivity (Wildman–Crippen MR) is 106 cm³/mol. The van der Waals surface area contributed by atoms with Crippen LogP contribution in [0.2, 0.25) is 0 Å². The number of thiazole rings is 1. The van der Waals surface area contributed by atoms with Crippen LogP contribution in [0.25, 0.3) is 10.2 Å². The molecule has 0 saturated carbocycles. The number of aryl methyl sites for hydroxylation is 1. The smallest absolute Gasteiger partial charge is 0.338 e. The molecule has 3 rings (SSSR count). The van der Waals surface area contributed by atoms with Gasteiger partial charge in [0.15, 0.2) is 5.13 Å². The molecule has 0 saturated heterocycles. The number of carbonyl (C=O) groups is 2. The molecule has 0 aliphatic carbocycles. The molecule has 1 heterocycles. The van der Waals surface area contributed by atoms with Crippen molar-refractivity contribution in [2.75, 3.05) is 19.0 Å². The molecule has 2 aromatic carbocycles. The number of hydrogen-bond acceptors (Lipinski definition) is 6. The van der Waals surface area contributed by atoms with Crippen molar-refractivity contribution in [2.24, 2.45) is 0 Å². The summed E-state index contributed by atoms with van der Waals surface area (Å²) in [4.78, 5) is 28.6. The van der Waals surface area contributed by atoms with Gasteiger partial charge in [-0.1, -0.05) is 23.5 Å². The van der Waals surface area contributed by atoms with Crippen molar-refractivity contribution in [1.29, 1.82) is 0 Å². The Balaban J connectivity index is 1.71. The molecule has 140 valence electrons. The molecule has 27 heavy (non-hydrogen) atoms. The maximum atomic E-state index is 12.3. The van der Waals surface area contributed by atoms with E-state index in [1.807, 2.05) is 25.1 Å². The Bertz CT molecular complexity index is 997. The summed E-state index contributed by atoms with van der Waals surface area (Å²) in [6.07, 6.45) is 0.245. The molecule has 7 heteroatoms. The molecule has 1 N–H and O–H groups in total. The molecule has 0 aliphatic heterocycles. The number of aromatic nitrogens is 1. The Morgan fingerprint density at radius 2 is 2.00 bits per heavy atom. The summed E-state index contributed by atoms with van der Waals surface area (Å²) in [6.45, 7) is 4.03. The lowest BCUT2D eigenvalue weighted by Crippen LogP contribution is -2.14. The zero-order valence-corrected chi connectivity index (χ0v) is 16.2. The van der Waals surface area contributed by atoms with Crippen molar-refractivity contribution in [3.63, 3.8) is 0 Å². The van der Waals surface area contributed by atoms with Crippen LogP contribution in [-0.2, 0) is 16.0 Å². The van der Waals surface area contributed by atoms with E-state index < -0.39 is 0 Å². The van der Waals surface area contributed by atoms with Crippen LogP contribution in [0.4, 0.5) is 5.13 Å². The minimum absolute atomic E-state index is 0.149. The van der Waals surface area contributed by atoms with Crippen molar-refractivity contribution in [1.82, 2.24) is 4.98 Å². The van der Waals surface area contributed by atoms with E-state index >= 15 is 0 Å². The lowest BCUT2D eigenvalue weighted by Gasteiger charge is -2.07. The van der Waals surface area contributed by atoms with E-state index in [2.05, 4.69) is 10.3 Å². The molecule has 0 atom stereocenters. The van der Waals surface area contributed by atoms with Crippen LogP contribution in [0.15, 0.2) is 36.4 Å². The summed E-state index contributed by atoms with van der Waals surface area (Å²) in [5.74, 6) is 0.278. The Morgan fingerprint density at radius 3 is 2.70 bits per heavy atom. The van der Waals surface area contributed by atoms with Gasteiger partial charge in [0, 0.05) is 0 Å². The Hall–Kier alpha value is -2.93. The van der Waals surface area contributed by atoms with Gasteiger partial charge in [-0.25, -0.2) is 9.78 Å². The number of ether oxygens (including phenoxy) is 2. The van der Waals surface area contributed by atoms with Crippen LogP contribution >= 0.6 is 11.3 Å².